The van der Waals surface area contributed by atoms with Gasteiger partial charge >= 0.3 is 49.5 Å². The quantitative estimate of drug-likeness (QED) is 0.104. The van der Waals surface area contributed by atoms with E-state index >= 15 is 0 Å². The monoisotopic (exact) mass is 712 g/mol. The maximum Gasteiger partial charge on any atom is 3.00 e. The van der Waals surface area contributed by atoms with Crippen molar-refractivity contribution in [1.29, 1.82) is 0 Å². The zero-order valence-electron chi connectivity index (χ0n) is 25.4. The van der Waals surface area contributed by atoms with Gasteiger partial charge in [-0.15, -0.1) is 0 Å². The van der Waals surface area contributed by atoms with Crippen molar-refractivity contribution in [2.45, 2.75) is 38.9 Å². The van der Waals surface area contributed by atoms with Crippen molar-refractivity contribution in [3.05, 3.63) is 152 Å². The van der Waals surface area contributed by atoms with Gasteiger partial charge in [0.25, 0.3) is 0 Å². The van der Waals surface area contributed by atoms with Gasteiger partial charge in [-0.1, -0.05) is 69.2 Å². The van der Waals surface area contributed by atoms with E-state index in [2.05, 4.69) is 24.9 Å². The molecule has 0 fully saturated rings. The molecule has 46 heavy (non-hydrogen) atoms. The summed E-state index contributed by atoms with van der Waals surface area (Å²) in [6, 6.07) is 27.9. The summed E-state index contributed by atoms with van der Waals surface area (Å²) in [7, 11) is -10.7. The molecule has 5 rings (SSSR count). The van der Waals surface area contributed by atoms with Gasteiger partial charge in [0.05, 0.1) is 0 Å². The van der Waals surface area contributed by atoms with Crippen LogP contribution in [0.5, 0.6) is 0 Å². The molecular weight excluding hydrogens is 678 g/mol. The molecule has 5 heterocycles. The first-order valence-electron chi connectivity index (χ1n) is 13.0. The summed E-state index contributed by atoms with van der Waals surface area (Å²) in [6.45, 7) is 6.43. The first-order chi connectivity index (χ1) is 20.7. The van der Waals surface area contributed by atoms with Crippen LogP contribution in [0.3, 0.4) is 0 Å². The number of aromatic nitrogens is 5. The molecular formula is C31H35F6N5NiO2P. The molecule has 5 aromatic heterocycles. The zero-order chi connectivity index (χ0) is 34.4. The van der Waals surface area contributed by atoms with Crippen LogP contribution in [0.1, 0.15) is 39.1 Å². The number of nitrogens with zero attached hydrogens (tertiary/aromatic N) is 5. The Morgan fingerprint density at radius 3 is 0.739 bits per heavy atom. The van der Waals surface area contributed by atoms with Gasteiger partial charge in [-0.25, -0.2) is 0 Å². The van der Waals surface area contributed by atoms with Crippen molar-refractivity contribution >= 4 is 7.81 Å². The molecule has 0 aliphatic rings. The Kier molecular flexibility index (Phi) is 19.6. The van der Waals surface area contributed by atoms with Crippen LogP contribution < -0.4 is 10.2 Å². The van der Waals surface area contributed by atoms with Crippen LogP contribution in [0.25, 0.3) is 0 Å². The minimum absolute atomic E-state index is 0. The fraction of sp³-hybridized carbons (Fsp3) is 0.194. The van der Waals surface area contributed by atoms with Crippen molar-refractivity contribution in [3.8, 4) is 0 Å². The molecule has 15 heteroatoms. The Balaban J connectivity index is 0. The molecule has 253 valence electrons. The number of pyridine rings is 5. The van der Waals surface area contributed by atoms with Gasteiger partial charge in [0.15, 0.2) is 0 Å². The summed E-state index contributed by atoms with van der Waals surface area (Å²) in [4.78, 5) is 19.2. The van der Waals surface area contributed by atoms with E-state index in [0.717, 1.165) is 0 Å². The van der Waals surface area contributed by atoms with E-state index in [4.69, 9.17) is 0 Å². The van der Waals surface area contributed by atoms with Crippen LogP contribution in [0.2, 0.25) is 0 Å². The van der Waals surface area contributed by atoms with Crippen LogP contribution in [-0.2, 0) is 27.7 Å². The largest absolute Gasteiger partial charge is 3.00 e. The number of halogens is 6. The Bertz CT molecular complexity index is 1170. The topological polar surface area (TPSA) is 111 Å². The summed E-state index contributed by atoms with van der Waals surface area (Å²) in [5, 5.41) is 22.5. The molecule has 7 nitrogen and oxygen atoms in total. The summed E-state index contributed by atoms with van der Waals surface area (Å²) in [5.74, 6) is 0. The second kappa shape index (κ2) is 20.3. The maximum atomic E-state index is 11.2. The van der Waals surface area contributed by atoms with Gasteiger partial charge < -0.3 is 10.2 Å². The standard InChI is InChI=1S/2C8H10NO.3C5H5N.F6P.Ni/c2*1-8(2,10)7-5-3-4-6-9-7;3*1-2-4-6-5-3-1;1-7(2,3,4,5)6;/h2*3-6H,1-2H3;3*1-5H;;/q2*-1;;;;-1;+3. The number of hydrogen-bond acceptors (Lipinski definition) is 7. The zero-order valence-corrected chi connectivity index (χ0v) is 27.2. The average molecular weight is 713 g/mol. The summed E-state index contributed by atoms with van der Waals surface area (Å²) in [6.07, 6.45) is 13.8. The molecule has 0 saturated carbocycles. The SMILES string of the molecule is CC(C)([O-])c1ccccn1.CC(C)([O-])c1ccccn1.F[P-](F)(F)(F)(F)F.[Ni+3].c1ccncc1.c1ccncc1.c1ccncc1. The average Bonchev–Trinajstić information content (AvgIpc) is 3.00. The van der Waals surface area contributed by atoms with Crippen LogP contribution in [0.15, 0.2) is 141 Å². The van der Waals surface area contributed by atoms with Crippen molar-refractivity contribution < 1.29 is 51.9 Å². The third-order valence-electron chi connectivity index (χ3n) is 4.26. The molecule has 0 saturated heterocycles. The van der Waals surface area contributed by atoms with Crippen molar-refractivity contribution in [2.75, 3.05) is 0 Å². The summed E-state index contributed by atoms with van der Waals surface area (Å²) >= 11 is 0. The number of rotatable bonds is 2. The number of hydrogen-bond donors (Lipinski definition) is 0. The molecule has 0 bridgehead atoms. The second-order valence-corrected chi connectivity index (χ2v) is 11.4. The van der Waals surface area contributed by atoms with Crippen LogP contribution >= 0.6 is 7.81 Å². The molecule has 0 atom stereocenters. The van der Waals surface area contributed by atoms with Gasteiger partial charge in [-0.2, -0.15) is 0 Å². The summed E-state index contributed by atoms with van der Waals surface area (Å²) < 4.78 is 59.2. The van der Waals surface area contributed by atoms with E-state index in [1.807, 2.05) is 66.7 Å². The van der Waals surface area contributed by atoms with E-state index in [-0.39, 0.29) is 16.5 Å². The van der Waals surface area contributed by atoms with Gasteiger partial charge in [0.1, 0.15) is 0 Å². The van der Waals surface area contributed by atoms with E-state index in [0.29, 0.717) is 11.4 Å². The predicted molar refractivity (Wildman–Crippen MR) is 161 cm³/mol. The normalized spacial score (nSPS) is 11.7. The van der Waals surface area contributed by atoms with Crippen molar-refractivity contribution in [2.24, 2.45) is 0 Å². The third kappa shape index (κ3) is 34.7. The molecule has 0 amide bonds. The van der Waals surface area contributed by atoms with E-state index in [1.165, 1.54) is 0 Å². The van der Waals surface area contributed by atoms with Gasteiger partial charge in [-0.05, 0) is 60.7 Å². The van der Waals surface area contributed by atoms with E-state index in [9.17, 15) is 35.4 Å². The maximum absolute atomic E-state index is 11.2. The molecule has 5 aromatic rings. The van der Waals surface area contributed by atoms with E-state index < -0.39 is 19.0 Å². The van der Waals surface area contributed by atoms with Crippen LogP contribution in [0.4, 0.5) is 25.2 Å². The van der Waals surface area contributed by atoms with Crippen LogP contribution in [-0.4, -0.2) is 24.9 Å². The Labute approximate surface area is 275 Å². The molecule has 0 unspecified atom stereocenters. The van der Waals surface area contributed by atoms with Gasteiger partial charge in [0, 0.05) is 61.0 Å². The fourth-order valence-electron chi connectivity index (χ4n) is 2.38. The molecule has 0 spiro atoms. The smallest absolute Gasteiger partial charge is 0.265 e. The predicted octanol–water partition coefficient (Wildman–Crippen LogP) is 7.98. The van der Waals surface area contributed by atoms with Gasteiger partial charge in [0.2, 0.25) is 0 Å². The molecule has 0 aliphatic carbocycles. The van der Waals surface area contributed by atoms with Crippen molar-refractivity contribution in [3.63, 3.8) is 0 Å². The molecule has 0 aliphatic heterocycles. The Hall–Kier alpha value is -3.83. The van der Waals surface area contributed by atoms with E-state index in [1.54, 1.807) is 102 Å². The van der Waals surface area contributed by atoms with Crippen LogP contribution in [0, 0.1) is 0 Å². The Morgan fingerprint density at radius 1 is 0.435 bits per heavy atom. The first kappa shape index (κ1) is 44.3. The van der Waals surface area contributed by atoms with Gasteiger partial charge in [-0.3, -0.25) is 24.9 Å². The van der Waals surface area contributed by atoms with Crippen molar-refractivity contribution in [1.82, 2.24) is 24.9 Å². The first-order valence-corrected chi connectivity index (χ1v) is 15.0. The fourth-order valence-corrected chi connectivity index (χ4v) is 2.38. The third-order valence-corrected chi connectivity index (χ3v) is 4.26. The Morgan fingerprint density at radius 2 is 0.652 bits per heavy atom. The molecule has 1 radical (unpaired) electrons. The summed E-state index contributed by atoms with van der Waals surface area (Å²) in [5.41, 5.74) is -0.951. The second-order valence-electron chi connectivity index (χ2n) is 9.48. The minimum Gasteiger partial charge on any atom is -0.265 e. The molecule has 0 aromatic carbocycles. The molecule has 0 N–H and O–H groups in total. The minimum atomic E-state index is -10.7.